The Kier molecular flexibility index (Phi) is 3.77. The molecule has 0 aliphatic carbocycles. The first-order valence-corrected chi connectivity index (χ1v) is 8.07. The minimum absolute atomic E-state index is 0.0750. The van der Waals surface area contributed by atoms with Crippen molar-refractivity contribution in [1.82, 2.24) is 24.5 Å². The largest absolute Gasteiger partial charge is 0.435 e. The second-order valence-electron chi connectivity index (χ2n) is 6.20. The lowest BCUT2D eigenvalue weighted by Crippen LogP contribution is -2.28. The van der Waals surface area contributed by atoms with Gasteiger partial charge < -0.3 is 9.88 Å². The number of hydrogen-bond donors (Lipinski definition) is 2. The molecule has 144 valence electrons. The van der Waals surface area contributed by atoms with Crippen LogP contribution < -0.4 is 10.9 Å². The van der Waals surface area contributed by atoms with Gasteiger partial charge in [-0.2, -0.15) is 23.4 Å². The van der Waals surface area contributed by atoms with E-state index in [0.29, 0.717) is 10.9 Å². The molecule has 0 unspecified atom stereocenters. The van der Waals surface area contributed by atoms with E-state index < -0.39 is 23.3 Å². The van der Waals surface area contributed by atoms with Crippen LogP contribution >= 0.6 is 0 Å². The number of halogens is 3. The number of rotatable bonds is 2. The van der Waals surface area contributed by atoms with Crippen LogP contribution in [0, 0.1) is 0 Å². The van der Waals surface area contributed by atoms with Crippen molar-refractivity contribution in [2.45, 2.75) is 6.18 Å². The topological polar surface area (TPSA) is 97.6 Å². The Hall–Kier alpha value is -3.63. The van der Waals surface area contributed by atoms with Gasteiger partial charge in [-0.25, -0.2) is 4.68 Å². The fourth-order valence-corrected chi connectivity index (χ4v) is 3.09. The highest BCUT2D eigenvalue weighted by Crippen LogP contribution is 2.36. The number of amides is 1. The molecular weight excluding hydrogens is 377 g/mol. The Morgan fingerprint density at radius 2 is 1.93 bits per heavy atom. The van der Waals surface area contributed by atoms with Gasteiger partial charge >= 0.3 is 6.18 Å². The van der Waals surface area contributed by atoms with E-state index in [4.69, 9.17) is 0 Å². The van der Waals surface area contributed by atoms with Gasteiger partial charge in [0, 0.05) is 14.1 Å². The molecule has 0 aliphatic rings. The molecule has 0 atom stereocenters. The van der Waals surface area contributed by atoms with E-state index in [1.54, 1.807) is 24.3 Å². The van der Waals surface area contributed by atoms with Gasteiger partial charge in [0.15, 0.2) is 11.3 Å². The number of carbonyl (C=O) groups is 1. The van der Waals surface area contributed by atoms with Gasteiger partial charge in [0.05, 0.1) is 10.9 Å². The summed E-state index contributed by atoms with van der Waals surface area (Å²) in [6.45, 7) is 0. The average molecular weight is 390 g/mol. The maximum atomic E-state index is 13.3. The molecule has 4 aromatic rings. The summed E-state index contributed by atoms with van der Waals surface area (Å²) in [5.74, 6) is -1.13. The quantitative estimate of drug-likeness (QED) is 0.549. The highest BCUT2D eigenvalue weighted by molar-refractivity contribution is 6.09. The van der Waals surface area contributed by atoms with E-state index in [1.807, 2.05) is 0 Å². The summed E-state index contributed by atoms with van der Waals surface area (Å²) >= 11 is 0. The number of aromatic nitrogens is 5. The van der Waals surface area contributed by atoms with Gasteiger partial charge in [-0.05, 0) is 17.5 Å². The van der Waals surface area contributed by atoms with Crippen molar-refractivity contribution in [2.24, 2.45) is 14.1 Å². The number of alkyl halides is 3. The summed E-state index contributed by atoms with van der Waals surface area (Å²) in [5, 5.41) is 12.1. The summed E-state index contributed by atoms with van der Waals surface area (Å²) in [7, 11) is 2.82. The number of fused-ring (bicyclic) bond motifs is 2. The number of benzene rings is 1. The molecule has 4 rings (SSSR count). The molecule has 0 radical (unpaired) electrons. The first-order chi connectivity index (χ1) is 13.2. The molecule has 3 heterocycles. The van der Waals surface area contributed by atoms with Crippen LogP contribution in [-0.4, -0.2) is 30.5 Å². The number of hydrogen-bond acceptors (Lipinski definition) is 4. The minimum Gasteiger partial charge on any atom is -0.311 e. The summed E-state index contributed by atoms with van der Waals surface area (Å²) in [6.07, 6.45) is -4.73. The van der Waals surface area contributed by atoms with E-state index in [-0.39, 0.29) is 22.4 Å². The highest BCUT2D eigenvalue weighted by Gasteiger charge is 2.39. The van der Waals surface area contributed by atoms with E-state index >= 15 is 0 Å². The summed E-state index contributed by atoms with van der Waals surface area (Å²) in [5.41, 5.74) is -1.41. The van der Waals surface area contributed by atoms with Crippen molar-refractivity contribution < 1.29 is 18.0 Å². The van der Waals surface area contributed by atoms with E-state index in [0.717, 1.165) is 4.68 Å². The number of carbonyl (C=O) groups excluding carboxylic acids is 1. The molecular formula is C17H13F3N6O2. The van der Waals surface area contributed by atoms with Crippen molar-refractivity contribution in [3.8, 4) is 0 Å². The van der Waals surface area contributed by atoms with Crippen LogP contribution in [0.15, 0.2) is 35.1 Å². The van der Waals surface area contributed by atoms with Crippen LogP contribution in [0.5, 0.6) is 0 Å². The van der Waals surface area contributed by atoms with Crippen molar-refractivity contribution in [1.29, 1.82) is 0 Å². The zero-order chi connectivity index (χ0) is 20.2. The van der Waals surface area contributed by atoms with E-state index in [2.05, 4.69) is 20.6 Å². The molecule has 1 amide bonds. The Labute approximate surface area is 154 Å². The first kappa shape index (κ1) is 17.8. The molecule has 28 heavy (non-hydrogen) atoms. The first-order valence-electron chi connectivity index (χ1n) is 8.07. The molecule has 0 bridgehead atoms. The molecule has 0 fully saturated rings. The Morgan fingerprint density at radius 3 is 2.64 bits per heavy atom. The smallest absolute Gasteiger partial charge is 0.311 e. The number of aromatic amines is 1. The van der Waals surface area contributed by atoms with Crippen molar-refractivity contribution in [2.75, 3.05) is 5.32 Å². The Balaban J connectivity index is 1.81. The number of para-hydroxylation sites is 1. The average Bonchev–Trinajstić information content (AvgIpc) is 3.19. The zero-order valence-electron chi connectivity index (χ0n) is 14.6. The second kappa shape index (κ2) is 5.94. The number of H-pyrrole nitrogens is 1. The van der Waals surface area contributed by atoms with Crippen LogP contribution in [0.4, 0.5) is 19.0 Å². The van der Waals surface area contributed by atoms with Gasteiger partial charge in [0.25, 0.3) is 11.5 Å². The highest BCUT2D eigenvalue weighted by atomic mass is 19.4. The number of aryl methyl sites for hydroxylation is 2. The summed E-state index contributed by atoms with van der Waals surface area (Å²) in [6, 6.07) is 8.35. The zero-order valence-corrected chi connectivity index (χ0v) is 14.6. The molecule has 11 heteroatoms. The van der Waals surface area contributed by atoms with Gasteiger partial charge in [0.1, 0.15) is 11.4 Å². The predicted molar refractivity (Wildman–Crippen MR) is 95.0 cm³/mol. The van der Waals surface area contributed by atoms with Crippen LogP contribution in [0.25, 0.3) is 21.9 Å². The number of nitrogens with one attached hydrogen (secondary N) is 2. The second-order valence-corrected chi connectivity index (χ2v) is 6.20. The monoisotopic (exact) mass is 390 g/mol. The molecule has 3 aromatic heterocycles. The summed E-state index contributed by atoms with van der Waals surface area (Å²) < 4.78 is 42.0. The van der Waals surface area contributed by atoms with Gasteiger partial charge in [-0.1, -0.05) is 18.2 Å². The van der Waals surface area contributed by atoms with Gasteiger partial charge in [0.2, 0.25) is 0 Å². The third kappa shape index (κ3) is 2.63. The minimum atomic E-state index is -4.73. The lowest BCUT2D eigenvalue weighted by atomic mass is 10.1. The van der Waals surface area contributed by atoms with E-state index in [1.165, 1.54) is 24.7 Å². The van der Waals surface area contributed by atoms with Crippen molar-refractivity contribution in [3.05, 3.63) is 51.9 Å². The summed E-state index contributed by atoms with van der Waals surface area (Å²) in [4.78, 5) is 25.2. The van der Waals surface area contributed by atoms with Crippen LogP contribution in [0.1, 0.15) is 16.1 Å². The van der Waals surface area contributed by atoms with Gasteiger partial charge in [-0.15, -0.1) is 0 Å². The number of pyridine rings is 1. The molecule has 0 aliphatic heterocycles. The SMILES string of the molecule is Cn1nc(C(F)(F)F)c2c(NC(=O)c3cc4ccccc4n(C)c3=O)[nH]nc21. The molecule has 0 saturated carbocycles. The molecule has 1 aromatic carbocycles. The fourth-order valence-electron chi connectivity index (χ4n) is 3.09. The maximum absolute atomic E-state index is 13.3. The molecule has 8 nitrogen and oxygen atoms in total. The van der Waals surface area contributed by atoms with Crippen LogP contribution in [0.3, 0.4) is 0 Å². The van der Waals surface area contributed by atoms with Crippen LogP contribution in [-0.2, 0) is 20.3 Å². The van der Waals surface area contributed by atoms with Crippen molar-refractivity contribution in [3.63, 3.8) is 0 Å². The molecule has 0 saturated heterocycles. The third-order valence-corrected chi connectivity index (χ3v) is 4.43. The lowest BCUT2D eigenvalue weighted by molar-refractivity contribution is -0.140. The van der Waals surface area contributed by atoms with Gasteiger partial charge in [-0.3, -0.25) is 14.7 Å². The normalized spacial score (nSPS) is 12.0. The number of anilines is 1. The lowest BCUT2D eigenvalue weighted by Gasteiger charge is -2.09. The number of nitrogens with zero attached hydrogens (tertiary/aromatic N) is 4. The molecule has 2 N–H and O–H groups in total. The van der Waals surface area contributed by atoms with Crippen LogP contribution in [0.2, 0.25) is 0 Å². The molecule has 0 spiro atoms. The third-order valence-electron chi connectivity index (χ3n) is 4.43. The maximum Gasteiger partial charge on any atom is 0.435 e. The fraction of sp³-hybridized carbons (Fsp3) is 0.176. The predicted octanol–water partition coefficient (Wildman–Crippen LogP) is 2.42. The van der Waals surface area contributed by atoms with E-state index in [9.17, 15) is 22.8 Å². The van der Waals surface area contributed by atoms with Crippen molar-refractivity contribution >= 4 is 33.7 Å². The standard InChI is InChI=1S/C17H13F3N6O2/c1-25-10-6-4-3-5-8(10)7-9(16(25)28)15(27)21-13-11-12(17(18,19)20)24-26(2)14(11)23-22-13/h3-7H,1-2H3,(H2,21,22,23,27). The Bertz CT molecular complexity index is 1300. The Morgan fingerprint density at radius 1 is 1.21 bits per heavy atom.